The Kier molecular flexibility index (Phi) is 4.12. The van der Waals surface area contributed by atoms with E-state index >= 15 is 0 Å². The lowest BCUT2D eigenvalue weighted by Gasteiger charge is -2.03. The fourth-order valence-corrected chi connectivity index (χ4v) is 2.57. The summed E-state index contributed by atoms with van der Waals surface area (Å²) in [5.74, 6) is 2.79. The highest BCUT2D eigenvalue weighted by atomic mass is 16.7. The van der Waals surface area contributed by atoms with Gasteiger partial charge in [-0.3, -0.25) is 0 Å². The van der Waals surface area contributed by atoms with E-state index in [2.05, 4.69) is 15.5 Å². The van der Waals surface area contributed by atoms with Crippen molar-refractivity contribution in [2.45, 2.75) is 19.5 Å². The van der Waals surface area contributed by atoms with Crippen LogP contribution in [0.1, 0.15) is 22.9 Å². The summed E-state index contributed by atoms with van der Waals surface area (Å²) < 4.78 is 16.3. The Labute approximate surface area is 139 Å². The number of nitrogens with one attached hydrogen (secondary N) is 1. The zero-order valence-electron chi connectivity index (χ0n) is 13.1. The quantitative estimate of drug-likeness (QED) is 0.752. The summed E-state index contributed by atoms with van der Waals surface area (Å²) in [5.41, 5.74) is 2.27. The molecule has 6 heteroatoms. The molecule has 1 aromatic heterocycles. The van der Waals surface area contributed by atoms with Gasteiger partial charge in [-0.15, -0.1) is 10.2 Å². The highest BCUT2D eigenvalue weighted by molar-refractivity contribution is 5.44. The smallest absolute Gasteiger partial charge is 0.231 e. The molecule has 0 atom stereocenters. The molecule has 2 heterocycles. The topological polar surface area (TPSA) is 69.4 Å². The van der Waals surface area contributed by atoms with E-state index in [1.165, 1.54) is 0 Å². The molecule has 3 aromatic rings. The Morgan fingerprint density at radius 2 is 1.67 bits per heavy atom. The Bertz CT molecular complexity index is 817. The van der Waals surface area contributed by atoms with Gasteiger partial charge in [0.2, 0.25) is 18.6 Å². The van der Waals surface area contributed by atoms with Gasteiger partial charge in [0.05, 0.1) is 13.0 Å². The van der Waals surface area contributed by atoms with E-state index in [9.17, 15) is 0 Å². The second kappa shape index (κ2) is 6.72. The van der Waals surface area contributed by atoms with Crippen LogP contribution in [-0.2, 0) is 19.5 Å². The van der Waals surface area contributed by atoms with Crippen LogP contribution in [0, 0.1) is 0 Å². The van der Waals surface area contributed by atoms with Gasteiger partial charge in [-0.2, -0.15) is 0 Å². The van der Waals surface area contributed by atoms with E-state index in [1.807, 2.05) is 48.5 Å². The monoisotopic (exact) mass is 323 g/mol. The van der Waals surface area contributed by atoms with Gasteiger partial charge < -0.3 is 19.2 Å². The molecule has 24 heavy (non-hydrogen) atoms. The molecule has 0 radical (unpaired) electrons. The number of hydrogen-bond acceptors (Lipinski definition) is 6. The Morgan fingerprint density at radius 3 is 2.58 bits per heavy atom. The average Bonchev–Trinajstić information content (AvgIpc) is 3.25. The Hall–Kier alpha value is -2.86. The normalized spacial score (nSPS) is 12.5. The fourth-order valence-electron chi connectivity index (χ4n) is 2.57. The minimum absolute atomic E-state index is 0.290. The van der Waals surface area contributed by atoms with Crippen molar-refractivity contribution in [3.8, 4) is 11.5 Å². The molecule has 0 saturated heterocycles. The molecule has 0 unspecified atom stereocenters. The molecular weight excluding hydrogens is 306 g/mol. The van der Waals surface area contributed by atoms with E-state index in [-0.39, 0.29) is 0 Å². The first-order chi connectivity index (χ1) is 11.9. The first kappa shape index (κ1) is 14.7. The first-order valence-corrected chi connectivity index (χ1v) is 7.81. The van der Waals surface area contributed by atoms with Gasteiger partial charge in [0.25, 0.3) is 0 Å². The van der Waals surface area contributed by atoms with Gasteiger partial charge in [-0.05, 0) is 23.3 Å². The Morgan fingerprint density at radius 1 is 0.833 bits per heavy atom. The SMILES string of the molecule is c1ccc(Cc2nnc(CNCc3ccc4c(c3)OCO4)o2)cc1. The third kappa shape index (κ3) is 3.38. The number of aromatic nitrogens is 2. The average molecular weight is 323 g/mol. The second-order valence-electron chi connectivity index (χ2n) is 5.54. The third-order valence-electron chi connectivity index (χ3n) is 3.75. The summed E-state index contributed by atoms with van der Waals surface area (Å²) in [6, 6.07) is 16.0. The van der Waals surface area contributed by atoms with Gasteiger partial charge in [0, 0.05) is 6.54 Å². The van der Waals surface area contributed by atoms with Crippen LogP contribution in [0.3, 0.4) is 0 Å². The molecule has 0 bridgehead atoms. The maximum absolute atomic E-state index is 5.67. The number of ether oxygens (including phenoxy) is 2. The minimum atomic E-state index is 0.290. The summed E-state index contributed by atoms with van der Waals surface area (Å²) in [5, 5.41) is 11.5. The molecule has 2 aromatic carbocycles. The van der Waals surface area contributed by atoms with Crippen molar-refractivity contribution in [1.82, 2.24) is 15.5 Å². The van der Waals surface area contributed by atoms with E-state index < -0.39 is 0 Å². The summed E-state index contributed by atoms with van der Waals surface area (Å²) in [4.78, 5) is 0. The summed E-state index contributed by atoms with van der Waals surface area (Å²) in [7, 11) is 0. The molecule has 6 nitrogen and oxygen atoms in total. The zero-order valence-corrected chi connectivity index (χ0v) is 13.1. The molecule has 1 N–H and O–H groups in total. The van der Waals surface area contributed by atoms with Gasteiger partial charge in [0.1, 0.15) is 0 Å². The van der Waals surface area contributed by atoms with Gasteiger partial charge in [-0.1, -0.05) is 36.4 Å². The van der Waals surface area contributed by atoms with Crippen molar-refractivity contribution in [3.05, 3.63) is 71.4 Å². The fraction of sp³-hybridized carbons (Fsp3) is 0.222. The molecule has 0 fully saturated rings. The molecule has 0 spiro atoms. The van der Waals surface area contributed by atoms with Crippen LogP contribution in [0.2, 0.25) is 0 Å². The van der Waals surface area contributed by atoms with Crippen LogP contribution in [0.4, 0.5) is 0 Å². The van der Waals surface area contributed by atoms with E-state index in [4.69, 9.17) is 13.9 Å². The second-order valence-corrected chi connectivity index (χ2v) is 5.54. The molecular formula is C18H17N3O3. The van der Waals surface area contributed by atoms with Crippen molar-refractivity contribution in [1.29, 1.82) is 0 Å². The summed E-state index contributed by atoms with van der Waals surface area (Å²) >= 11 is 0. The maximum Gasteiger partial charge on any atom is 0.231 e. The largest absolute Gasteiger partial charge is 0.454 e. The number of rotatable bonds is 6. The Balaban J connectivity index is 1.30. The van der Waals surface area contributed by atoms with Crippen LogP contribution in [-0.4, -0.2) is 17.0 Å². The lowest BCUT2D eigenvalue weighted by Crippen LogP contribution is -2.12. The van der Waals surface area contributed by atoms with Gasteiger partial charge in [0.15, 0.2) is 11.5 Å². The van der Waals surface area contributed by atoms with Crippen LogP contribution in [0.15, 0.2) is 52.9 Å². The molecule has 1 aliphatic heterocycles. The molecule has 122 valence electrons. The predicted octanol–water partition coefficient (Wildman–Crippen LogP) is 2.68. The molecule has 4 rings (SSSR count). The first-order valence-electron chi connectivity index (χ1n) is 7.81. The number of hydrogen-bond donors (Lipinski definition) is 1. The number of nitrogens with zero attached hydrogens (tertiary/aromatic N) is 2. The minimum Gasteiger partial charge on any atom is -0.454 e. The zero-order chi connectivity index (χ0) is 16.2. The van der Waals surface area contributed by atoms with E-state index in [1.54, 1.807) is 0 Å². The highest BCUT2D eigenvalue weighted by Gasteiger charge is 2.13. The van der Waals surface area contributed by atoms with Crippen LogP contribution < -0.4 is 14.8 Å². The van der Waals surface area contributed by atoms with Crippen molar-refractivity contribution in [2.24, 2.45) is 0 Å². The van der Waals surface area contributed by atoms with Gasteiger partial charge >= 0.3 is 0 Å². The number of fused-ring (bicyclic) bond motifs is 1. The third-order valence-corrected chi connectivity index (χ3v) is 3.75. The highest BCUT2D eigenvalue weighted by Crippen LogP contribution is 2.32. The molecule has 0 aliphatic carbocycles. The van der Waals surface area contributed by atoms with Crippen molar-refractivity contribution in [3.63, 3.8) is 0 Å². The van der Waals surface area contributed by atoms with Crippen LogP contribution >= 0.6 is 0 Å². The molecule has 1 aliphatic rings. The van der Waals surface area contributed by atoms with Crippen molar-refractivity contribution >= 4 is 0 Å². The van der Waals surface area contributed by atoms with E-state index in [0.29, 0.717) is 38.1 Å². The predicted molar refractivity (Wildman–Crippen MR) is 86.7 cm³/mol. The summed E-state index contributed by atoms with van der Waals surface area (Å²) in [6.07, 6.45) is 0.649. The van der Waals surface area contributed by atoms with Crippen LogP contribution in [0.25, 0.3) is 0 Å². The number of benzene rings is 2. The van der Waals surface area contributed by atoms with Crippen molar-refractivity contribution in [2.75, 3.05) is 6.79 Å². The van der Waals surface area contributed by atoms with Crippen molar-refractivity contribution < 1.29 is 13.9 Å². The lowest BCUT2D eigenvalue weighted by atomic mass is 10.2. The van der Waals surface area contributed by atoms with Gasteiger partial charge in [-0.25, -0.2) is 0 Å². The molecule has 0 amide bonds. The standard InChI is InChI=1S/C18H17N3O3/c1-2-4-13(5-3-1)9-17-20-21-18(24-17)11-19-10-14-6-7-15-16(8-14)23-12-22-15/h1-8,19H,9-12H2. The molecule has 0 saturated carbocycles. The van der Waals surface area contributed by atoms with E-state index in [0.717, 1.165) is 22.6 Å². The summed E-state index contributed by atoms with van der Waals surface area (Å²) in [6.45, 7) is 1.50. The lowest BCUT2D eigenvalue weighted by molar-refractivity contribution is 0.174. The maximum atomic E-state index is 5.67. The van der Waals surface area contributed by atoms with Crippen LogP contribution in [0.5, 0.6) is 11.5 Å².